The fraction of sp³-hybridized carbons (Fsp3) is 1.00. The summed E-state index contributed by atoms with van der Waals surface area (Å²) in [6, 6.07) is 0. The Morgan fingerprint density at radius 1 is 1.44 bits per heavy atom. The summed E-state index contributed by atoms with van der Waals surface area (Å²) in [5.41, 5.74) is 0. The molecule has 0 amide bonds. The number of nitrogens with one attached hydrogen (secondary N) is 1. The highest BCUT2D eigenvalue weighted by Gasteiger charge is 2.01. The van der Waals surface area contributed by atoms with Crippen molar-refractivity contribution in [1.29, 1.82) is 0 Å². The third-order valence-corrected chi connectivity index (χ3v) is 0.460. The van der Waals surface area contributed by atoms with E-state index in [-0.39, 0.29) is 29.7 Å². The van der Waals surface area contributed by atoms with Gasteiger partial charge in [-0.2, -0.15) is 0 Å². The number of hydrogen-bond donors (Lipinski definition) is 1. The number of nitrogens with zero attached hydrogens (tertiary/aromatic N) is 1. The van der Waals surface area contributed by atoms with Gasteiger partial charge in [0, 0.05) is 41.1 Å². The van der Waals surface area contributed by atoms with Gasteiger partial charge in [0.25, 0.3) is 0 Å². The molecular formula is C5H14Cl2N2. The fourth-order valence-electron chi connectivity index (χ4n) is 0.227. The van der Waals surface area contributed by atoms with Crippen molar-refractivity contribution >= 4 is 24.8 Å². The van der Waals surface area contributed by atoms with E-state index in [1.165, 1.54) is 5.32 Å². The average molecular weight is 184 g/mol. The van der Waals surface area contributed by atoms with Crippen LogP contribution < -0.4 is 5.32 Å². The number of hydrogen-bond acceptors (Lipinski definition) is 2. The molecule has 0 atom stereocenters. The van der Waals surface area contributed by atoms with Gasteiger partial charge >= 0.3 is 0 Å². The van der Waals surface area contributed by atoms with E-state index >= 15 is 0 Å². The summed E-state index contributed by atoms with van der Waals surface area (Å²) >= 11 is 0. The molecule has 0 bridgehead atoms. The maximum atomic E-state index is 7.46. The molecule has 1 saturated heterocycles. The zero-order valence-electron chi connectivity index (χ0n) is 15.3. The molecule has 1 aliphatic heterocycles. The molecule has 1 heterocycles. The van der Waals surface area contributed by atoms with E-state index in [4.69, 9.17) is 15.1 Å². The van der Waals surface area contributed by atoms with Crippen molar-refractivity contribution in [3.8, 4) is 0 Å². The molecule has 0 saturated carbocycles. The molecule has 0 aromatic rings. The van der Waals surface area contributed by atoms with Crippen LogP contribution in [0.4, 0.5) is 0 Å². The number of rotatable bonds is 0. The van der Waals surface area contributed by atoms with Crippen molar-refractivity contribution in [3.05, 3.63) is 0 Å². The summed E-state index contributed by atoms with van der Waals surface area (Å²) in [6.07, 6.45) is 0. The Hall–Kier alpha value is 0.500. The molecule has 9 heavy (non-hydrogen) atoms. The minimum absolute atomic E-state index is 0. The van der Waals surface area contributed by atoms with Crippen molar-refractivity contribution in [3.63, 3.8) is 0 Å². The minimum Gasteiger partial charge on any atom is -0.314 e. The summed E-state index contributed by atoms with van der Waals surface area (Å²) in [5, 5.41) is 1.54. The molecule has 1 aliphatic rings. The molecule has 0 aromatic heterocycles. The quantitative estimate of drug-likeness (QED) is 0.585. The van der Waals surface area contributed by atoms with Gasteiger partial charge in [-0.25, -0.2) is 0 Å². The Kier molecular flexibility index (Phi) is 1.47. The van der Waals surface area contributed by atoms with E-state index in [1.807, 2.05) is 0 Å². The van der Waals surface area contributed by atoms with E-state index in [2.05, 4.69) is 0 Å². The molecule has 1 fully saturated rings. The van der Waals surface area contributed by atoms with Crippen LogP contribution in [0.2, 0.25) is 0 Å². The minimum atomic E-state index is -3.34. The van der Waals surface area contributed by atoms with E-state index in [9.17, 15) is 0 Å². The highest BCUT2D eigenvalue weighted by molar-refractivity contribution is 5.85. The van der Waals surface area contributed by atoms with Crippen molar-refractivity contribution in [2.75, 3.05) is 33.0 Å². The van der Waals surface area contributed by atoms with Gasteiger partial charge in [-0.1, -0.05) is 0 Å². The smallest absolute Gasteiger partial charge is 0.0444 e. The van der Waals surface area contributed by atoms with Gasteiger partial charge in [0.15, 0.2) is 0 Å². The molecule has 0 aliphatic carbocycles. The molecule has 58 valence electrons. The SMILES string of the molecule is Cl.Cl.[2H]C([2H])([2H])N1C([2H])([2H])C([2H])([2H])NC([2H])([2H])C1([2H])[2H]. The highest BCUT2D eigenvalue weighted by atomic mass is 35.5. The second kappa shape index (κ2) is 6.62. The summed E-state index contributed by atoms with van der Waals surface area (Å²) in [5.74, 6) is 0. The van der Waals surface area contributed by atoms with Gasteiger partial charge in [0.2, 0.25) is 0 Å². The first kappa shape index (κ1) is 2.01. The molecule has 1 rings (SSSR count). The predicted octanol–water partition coefficient (Wildman–Crippen LogP) is 0.365. The van der Waals surface area contributed by atoms with Crippen LogP contribution in [-0.4, -0.2) is 37.9 Å². The van der Waals surface area contributed by atoms with Crippen molar-refractivity contribution in [1.82, 2.24) is 10.2 Å². The van der Waals surface area contributed by atoms with E-state index in [0.29, 0.717) is 0 Å². The number of halogens is 2. The van der Waals surface area contributed by atoms with E-state index < -0.39 is 33.0 Å². The molecule has 0 radical (unpaired) electrons. The Balaban J connectivity index is 0. The molecule has 1 N–H and O–H groups in total. The first-order valence-corrected chi connectivity index (χ1v) is 1.67. The van der Waals surface area contributed by atoms with Gasteiger partial charge in [0.1, 0.15) is 0 Å². The van der Waals surface area contributed by atoms with Crippen molar-refractivity contribution in [2.45, 2.75) is 0 Å². The van der Waals surface area contributed by atoms with Gasteiger partial charge in [-0.05, 0) is 6.98 Å². The second-order valence-electron chi connectivity index (χ2n) is 0.934. The van der Waals surface area contributed by atoms with Gasteiger partial charge in [0.05, 0.1) is 0 Å². The number of piperazine rings is 1. The maximum Gasteiger partial charge on any atom is 0.0444 e. The first-order chi connectivity index (χ1) is 7.57. The lowest BCUT2D eigenvalue weighted by Gasteiger charge is -2.21. The topological polar surface area (TPSA) is 15.3 Å². The van der Waals surface area contributed by atoms with E-state index in [0.717, 1.165) is 0 Å². The molecule has 0 spiro atoms. The predicted molar refractivity (Wildman–Crippen MR) is 44.9 cm³/mol. The highest BCUT2D eigenvalue weighted by Crippen LogP contribution is 1.82. The van der Waals surface area contributed by atoms with Crippen LogP contribution in [0.3, 0.4) is 0 Å². The third kappa shape index (κ3) is 4.97. The molecule has 2 nitrogen and oxygen atoms in total. The summed E-state index contributed by atoms with van der Waals surface area (Å²) in [4.78, 5) is -0.385. The van der Waals surface area contributed by atoms with Crippen molar-refractivity contribution in [2.24, 2.45) is 0 Å². The van der Waals surface area contributed by atoms with Crippen LogP contribution >= 0.6 is 24.8 Å². The summed E-state index contributed by atoms with van der Waals surface area (Å²) < 4.78 is 80.6. The monoisotopic (exact) mass is 183 g/mol. The lowest BCUT2D eigenvalue weighted by molar-refractivity contribution is 0.291. The zero-order valence-corrected chi connectivity index (χ0v) is 5.90. The van der Waals surface area contributed by atoms with Crippen LogP contribution in [0.5, 0.6) is 0 Å². The molecule has 0 unspecified atom stereocenters. The summed E-state index contributed by atoms with van der Waals surface area (Å²) in [7, 11) is 0. The van der Waals surface area contributed by atoms with Crippen LogP contribution in [-0.2, 0) is 0 Å². The van der Waals surface area contributed by atoms with Crippen LogP contribution in [0, 0.1) is 0 Å². The lowest BCUT2D eigenvalue weighted by atomic mass is 10.4. The van der Waals surface area contributed by atoms with E-state index in [1.54, 1.807) is 0 Å². The fourth-order valence-corrected chi connectivity index (χ4v) is 0.227. The average Bonchev–Trinajstić information content (AvgIpc) is 1.93. The first-order valence-electron chi connectivity index (χ1n) is 7.17. The Labute approximate surface area is 84.3 Å². The van der Waals surface area contributed by atoms with Crippen LogP contribution in [0.15, 0.2) is 0 Å². The molecule has 0 aromatic carbocycles. The zero-order chi connectivity index (χ0) is 14.8. The Morgan fingerprint density at radius 3 is 2.44 bits per heavy atom. The lowest BCUT2D eigenvalue weighted by Crippen LogP contribution is -2.40. The van der Waals surface area contributed by atoms with Gasteiger partial charge in [-0.3, -0.25) is 0 Å². The number of likely N-dealkylation sites (N-methyl/N-ethyl adjacent to an activating group) is 1. The normalized spacial score (nSPS) is 61.6. The van der Waals surface area contributed by atoms with Gasteiger partial charge < -0.3 is 10.2 Å². The standard InChI is InChI=1S/C5H12N2.2ClH/c1-7-4-2-6-3-5-7;;/h6H,2-5H2,1H3;2*1H/i1D3,2D2,3D2,4D2,5D2;;. The summed E-state index contributed by atoms with van der Waals surface area (Å²) in [6.45, 7) is -16.0. The Bertz CT molecular complexity index is 327. The van der Waals surface area contributed by atoms with Crippen LogP contribution in [0.1, 0.15) is 15.1 Å². The Morgan fingerprint density at radius 2 is 2.00 bits per heavy atom. The largest absolute Gasteiger partial charge is 0.314 e. The second-order valence-corrected chi connectivity index (χ2v) is 0.934. The van der Waals surface area contributed by atoms with Crippen LogP contribution in [0.25, 0.3) is 0 Å². The third-order valence-electron chi connectivity index (χ3n) is 0.460. The van der Waals surface area contributed by atoms with Crippen molar-refractivity contribution < 1.29 is 15.1 Å². The molecular weight excluding hydrogens is 159 g/mol. The maximum absolute atomic E-state index is 7.46. The van der Waals surface area contributed by atoms with Gasteiger partial charge in [-0.15, -0.1) is 24.8 Å². The molecule has 4 heteroatoms.